The molecule has 2 atom stereocenters. The molecule has 0 bridgehead atoms. The largest absolute Gasteiger partial charge is 0.468 e. The van der Waals surface area contributed by atoms with Crippen LogP contribution in [0.15, 0.2) is 52.0 Å². The fourth-order valence-electron chi connectivity index (χ4n) is 1.86. The third-order valence-electron chi connectivity index (χ3n) is 3.00. The molecular formula is C14H18N2O3S. The molecule has 20 heavy (non-hydrogen) atoms. The molecule has 2 unspecified atom stereocenters. The quantitative estimate of drug-likeness (QED) is 0.886. The van der Waals surface area contributed by atoms with Crippen LogP contribution >= 0.6 is 0 Å². The second kappa shape index (κ2) is 5.78. The number of benzene rings is 1. The molecule has 0 amide bonds. The van der Waals surface area contributed by atoms with Crippen molar-refractivity contribution < 1.29 is 12.8 Å². The van der Waals surface area contributed by atoms with Crippen molar-refractivity contribution in [3.05, 3.63) is 54.0 Å². The van der Waals surface area contributed by atoms with Crippen LogP contribution in [0.25, 0.3) is 0 Å². The molecule has 0 fully saturated rings. The molecule has 6 heteroatoms. The molecule has 2 rings (SSSR count). The summed E-state index contributed by atoms with van der Waals surface area (Å²) in [5.74, 6) is 0.567. The van der Waals surface area contributed by atoms with Crippen LogP contribution in [0.4, 0.5) is 0 Å². The van der Waals surface area contributed by atoms with Gasteiger partial charge >= 0.3 is 0 Å². The van der Waals surface area contributed by atoms with Gasteiger partial charge in [-0.05, 0) is 43.7 Å². The number of nitrogens with two attached hydrogens (primary N) is 1. The van der Waals surface area contributed by atoms with Crippen LogP contribution in [0, 0.1) is 0 Å². The van der Waals surface area contributed by atoms with Gasteiger partial charge in [0.1, 0.15) is 5.76 Å². The van der Waals surface area contributed by atoms with Gasteiger partial charge in [-0.1, -0.05) is 12.1 Å². The van der Waals surface area contributed by atoms with E-state index in [2.05, 4.69) is 4.72 Å². The second-order valence-electron chi connectivity index (χ2n) is 4.72. The summed E-state index contributed by atoms with van der Waals surface area (Å²) in [6.45, 7) is 3.54. The highest BCUT2D eigenvalue weighted by Gasteiger charge is 2.20. The van der Waals surface area contributed by atoms with Crippen molar-refractivity contribution in [1.29, 1.82) is 0 Å². The maximum Gasteiger partial charge on any atom is 0.241 e. The standard InChI is InChI=1S/C14H18N2O3S/c1-10(15)12-5-3-6-13(9-12)20(17,18)16-11(2)14-7-4-8-19-14/h3-11,16H,15H2,1-2H3. The van der Waals surface area contributed by atoms with Gasteiger partial charge in [-0.15, -0.1) is 0 Å². The van der Waals surface area contributed by atoms with Gasteiger partial charge < -0.3 is 10.2 Å². The van der Waals surface area contributed by atoms with Crippen LogP contribution in [0.3, 0.4) is 0 Å². The average molecular weight is 294 g/mol. The normalized spacial score (nSPS) is 14.9. The molecule has 2 aromatic rings. The Kier molecular flexibility index (Phi) is 4.27. The molecule has 0 spiro atoms. The third-order valence-corrected chi connectivity index (χ3v) is 4.53. The van der Waals surface area contributed by atoms with Gasteiger partial charge in [0.25, 0.3) is 0 Å². The Balaban J connectivity index is 2.24. The van der Waals surface area contributed by atoms with Crippen molar-refractivity contribution in [2.45, 2.75) is 30.8 Å². The SMILES string of the molecule is CC(N)c1cccc(S(=O)(=O)NC(C)c2ccco2)c1. The Morgan fingerprint density at radius 1 is 1.20 bits per heavy atom. The lowest BCUT2D eigenvalue weighted by molar-refractivity contribution is 0.459. The zero-order valence-corrected chi connectivity index (χ0v) is 12.2. The molecule has 1 aromatic carbocycles. The molecule has 1 aromatic heterocycles. The van der Waals surface area contributed by atoms with Gasteiger partial charge in [-0.25, -0.2) is 13.1 Å². The van der Waals surface area contributed by atoms with Crippen molar-refractivity contribution in [2.75, 3.05) is 0 Å². The summed E-state index contributed by atoms with van der Waals surface area (Å²) in [7, 11) is -3.61. The molecule has 3 N–H and O–H groups in total. The third kappa shape index (κ3) is 3.27. The van der Waals surface area contributed by atoms with Crippen molar-refractivity contribution in [3.8, 4) is 0 Å². The van der Waals surface area contributed by atoms with E-state index in [0.717, 1.165) is 5.56 Å². The van der Waals surface area contributed by atoms with Crippen molar-refractivity contribution in [3.63, 3.8) is 0 Å². The second-order valence-corrected chi connectivity index (χ2v) is 6.43. The molecule has 108 valence electrons. The minimum absolute atomic E-state index is 0.200. The van der Waals surface area contributed by atoms with Gasteiger partial charge in [0.05, 0.1) is 17.2 Å². The Hall–Kier alpha value is -1.63. The van der Waals surface area contributed by atoms with Gasteiger partial charge in [-0.2, -0.15) is 0 Å². The lowest BCUT2D eigenvalue weighted by Gasteiger charge is -2.13. The molecular weight excluding hydrogens is 276 g/mol. The topological polar surface area (TPSA) is 85.3 Å². The minimum Gasteiger partial charge on any atom is -0.468 e. The van der Waals surface area contributed by atoms with E-state index in [1.165, 1.54) is 6.26 Å². The van der Waals surface area contributed by atoms with Gasteiger partial charge in [0.15, 0.2) is 0 Å². The Morgan fingerprint density at radius 3 is 2.55 bits per heavy atom. The number of rotatable bonds is 5. The zero-order valence-electron chi connectivity index (χ0n) is 11.4. The monoisotopic (exact) mass is 294 g/mol. The molecule has 1 heterocycles. The van der Waals surface area contributed by atoms with Gasteiger partial charge in [-0.3, -0.25) is 0 Å². The Morgan fingerprint density at radius 2 is 1.95 bits per heavy atom. The predicted molar refractivity (Wildman–Crippen MR) is 76.5 cm³/mol. The minimum atomic E-state index is -3.61. The van der Waals surface area contributed by atoms with E-state index in [1.807, 2.05) is 6.92 Å². The van der Waals surface area contributed by atoms with Crippen molar-refractivity contribution in [1.82, 2.24) is 4.72 Å². The molecule has 0 saturated heterocycles. The number of sulfonamides is 1. The fourth-order valence-corrected chi connectivity index (χ4v) is 3.13. The van der Waals surface area contributed by atoms with E-state index in [0.29, 0.717) is 5.76 Å². The first-order valence-corrected chi connectivity index (χ1v) is 7.80. The lowest BCUT2D eigenvalue weighted by atomic mass is 10.1. The van der Waals surface area contributed by atoms with E-state index < -0.39 is 16.1 Å². The summed E-state index contributed by atoms with van der Waals surface area (Å²) < 4.78 is 32.4. The van der Waals surface area contributed by atoms with E-state index in [4.69, 9.17) is 10.2 Å². The average Bonchev–Trinajstić information content (AvgIpc) is 2.92. The Labute approximate surface area is 118 Å². The van der Waals surface area contributed by atoms with Gasteiger partial charge in [0, 0.05) is 6.04 Å². The van der Waals surface area contributed by atoms with E-state index in [-0.39, 0.29) is 10.9 Å². The van der Waals surface area contributed by atoms with Crippen LogP contribution < -0.4 is 10.5 Å². The highest BCUT2D eigenvalue weighted by atomic mass is 32.2. The van der Waals surface area contributed by atoms with E-state index >= 15 is 0 Å². The summed E-state index contributed by atoms with van der Waals surface area (Å²) in [5, 5.41) is 0. The molecule has 0 aliphatic carbocycles. The lowest BCUT2D eigenvalue weighted by Crippen LogP contribution is -2.26. The van der Waals surface area contributed by atoms with E-state index in [1.54, 1.807) is 43.3 Å². The molecule has 0 saturated carbocycles. The Bertz CT molecular complexity index is 663. The number of furan rings is 1. The maximum atomic E-state index is 12.3. The van der Waals surface area contributed by atoms with Crippen LogP contribution in [-0.2, 0) is 10.0 Å². The summed E-state index contributed by atoms with van der Waals surface area (Å²) in [5.41, 5.74) is 6.55. The van der Waals surface area contributed by atoms with E-state index in [9.17, 15) is 8.42 Å². The van der Waals surface area contributed by atoms with Crippen LogP contribution in [-0.4, -0.2) is 8.42 Å². The van der Waals surface area contributed by atoms with Crippen LogP contribution in [0.1, 0.15) is 37.3 Å². The zero-order chi connectivity index (χ0) is 14.8. The molecule has 0 radical (unpaired) electrons. The summed E-state index contributed by atoms with van der Waals surface area (Å²) in [4.78, 5) is 0.200. The number of hydrogen-bond acceptors (Lipinski definition) is 4. The van der Waals surface area contributed by atoms with Gasteiger partial charge in [0.2, 0.25) is 10.0 Å². The maximum absolute atomic E-state index is 12.3. The highest BCUT2D eigenvalue weighted by Crippen LogP contribution is 2.19. The van der Waals surface area contributed by atoms with Crippen LogP contribution in [0.2, 0.25) is 0 Å². The summed E-state index contributed by atoms with van der Waals surface area (Å²) in [6.07, 6.45) is 1.51. The molecule has 0 aliphatic rings. The van der Waals surface area contributed by atoms with Crippen molar-refractivity contribution >= 4 is 10.0 Å². The van der Waals surface area contributed by atoms with Crippen molar-refractivity contribution in [2.24, 2.45) is 5.73 Å². The first-order valence-electron chi connectivity index (χ1n) is 6.31. The summed E-state index contributed by atoms with van der Waals surface area (Å²) in [6, 6.07) is 9.42. The molecule has 0 aliphatic heterocycles. The smallest absolute Gasteiger partial charge is 0.241 e. The first-order chi connectivity index (χ1) is 9.40. The highest BCUT2D eigenvalue weighted by molar-refractivity contribution is 7.89. The fraction of sp³-hybridized carbons (Fsp3) is 0.286. The van der Waals surface area contributed by atoms with Crippen LogP contribution in [0.5, 0.6) is 0 Å². The summed E-state index contributed by atoms with van der Waals surface area (Å²) >= 11 is 0. The number of nitrogens with one attached hydrogen (secondary N) is 1. The molecule has 5 nitrogen and oxygen atoms in total. The first kappa shape index (κ1) is 14.8. The predicted octanol–water partition coefficient (Wildman–Crippen LogP) is 2.34. The number of hydrogen-bond donors (Lipinski definition) is 2.